The van der Waals surface area contributed by atoms with Gasteiger partial charge in [0.15, 0.2) is 0 Å². The third-order valence-electron chi connectivity index (χ3n) is 4.21. The normalized spacial score (nSPS) is 29.8. The SMILES string of the molecule is CC1(NCCCC2CCNC2)CCCC1. The number of rotatable bonds is 5. The first kappa shape index (κ1) is 11.4. The van der Waals surface area contributed by atoms with Gasteiger partial charge >= 0.3 is 0 Å². The van der Waals surface area contributed by atoms with E-state index in [-0.39, 0.29) is 0 Å². The summed E-state index contributed by atoms with van der Waals surface area (Å²) in [6, 6.07) is 0. The first-order valence-electron chi connectivity index (χ1n) is 6.74. The van der Waals surface area contributed by atoms with Gasteiger partial charge in [-0.3, -0.25) is 0 Å². The second-order valence-corrected chi connectivity index (χ2v) is 5.70. The van der Waals surface area contributed by atoms with Crippen LogP contribution < -0.4 is 10.6 Å². The molecule has 2 fully saturated rings. The van der Waals surface area contributed by atoms with Crippen LogP contribution in [0.4, 0.5) is 0 Å². The molecular formula is C13H26N2. The Morgan fingerprint density at radius 2 is 2.13 bits per heavy atom. The summed E-state index contributed by atoms with van der Waals surface area (Å²) < 4.78 is 0. The zero-order chi connectivity index (χ0) is 10.6. The van der Waals surface area contributed by atoms with Crippen molar-refractivity contribution in [1.29, 1.82) is 0 Å². The summed E-state index contributed by atoms with van der Waals surface area (Å²) in [4.78, 5) is 0. The van der Waals surface area contributed by atoms with E-state index in [9.17, 15) is 0 Å². The molecule has 1 saturated carbocycles. The van der Waals surface area contributed by atoms with Gasteiger partial charge in [0.05, 0.1) is 0 Å². The van der Waals surface area contributed by atoms with Crippen molar-refractivity contribution in [3.63, 3.8) is 0 Å². The third-order valence-corrected chi connectivity index (χ3v) is 4.21. The molecule has 0 aromatic rings. The maximum atomic E-state index is 3.76. The van der Waals surface area contributed by atoms with Gasteiger partial charge in [-0.1, -0.05) is 12.8 Å². The monoisotopic (exact) mass is 210 g/mol. The van der Waals surface area contributed by atoms with Gasteiger partial charge in [-0.05, 0) is 64.6 Å². The minimum Gasteiger partial charge on any atom is -0.316 e. The van der Waals surface area contributed by atoms with Crippen LogP contribution in [-0.4, -0.2) is 25.2 Å². The van der Waals surface area contributed by atoms with E-state index >= 15 is 0 Å². The van der Waals surface area contributed by atoms with Gasteiger partial charge in [0.25, 0.3) is 0 Å². The van der Waals surface area contributed by atoms with Crippen molar-refractivity contribution in [2.75, 3.05) is 19.6 Å². The van der Waals surface area contributed by atoms with Crippen LogP contribution >= 0.6 is 0 Å². The molecule has 1 aliphatic heterocycles. The van der Waals surface area contributed by atoms with Crippen LogP contribution in [-0.2, 0) is 0 Å². The van der Waals surface area contributed by atoms with Crippen LogP contribution in [0, 0.1) is 5.92 Å². The molecule has 1 saturated heterocycles. The summed E-state index contributed by atoms with van der Waals surface area (Å²) in [7, 11) is 0. The highest BCUT2D eigenvalue weighted by molar-refractivity contribution is 4.87. The Morgan fingerprint density at radius 1 is 1.33 bits per heavy atom. The van der Waals surface area contributed by atoms with Gasteiger partial charge in [0, 0.05) is 5.54 Å². The van der Waals surface area contributed by atoms with Gasteiger partial charge in [0.2, 0.25) is 0 Å². The summed E-state index contributed by atoms with van der Waals surface area (Å²) in [5.74, 6) is 0.961. The van der Waals surface area contributed by atoms with Crippen molar-refractivity contribution in [1.82, 2.24) is 10.6 Å². The van der Waals surface area contributed by atoms with E-state index in [0.29, 0.717) is 5.54 Å². The minimum atomic E-state index is 0.480. The lowest BCUT2D eigenvalue weighted by Crippen LogP contribution is -2.40. The fourth-order valence-corrected chi connectivity index (χ4v) is 3.07. The molecule has 0 spiro atoms. The molecule has 15 heavy (non-hydrogen) atoms. The summed E-state index contributed by atoms with van der Waals surface area (Å²) in [6.07, 6.45) is 9.80. The molecule has 1 unspecified atom stereocenters. The molecule has 1 aliphatic carbocycles. The number of hydrogen-bond donors (Lipinski definition) is 2. The smallest absolute Gasteiger partial charge is 0.0153 e. The maximum Gasteiger partial charge on any atom is 0.0153 e. The Kier molecular flexibility index (Phi) is 4.04. The van der Waals surface area contributed by atoms with Gasteiger partial charge in [-0.25, -0.2) is 0 Å². The van der Waals surface area contributed by atoms with Crippen LogP contribution in [0.25, 0.3) is 0 Å². The lowest BCUT2D eigenvalue weighted by molar-refractivity contribution is 0.353. The highest BCUT2D eigenvalue weighted by Gasteiger charge is 2.27. The fraction of sp³-hybridized carbons (Fsp3) is 1.00. The third kappa shape index (κ3) is 3.46. The Bertz CT molecular complexity index is 179. The molecule has 88 valence electrons. The van der Waals surface area contributed by atoms with Gasteiger partial charge in [-0.2, -0.15) is 0 Å². The molecule has 1 heterocycles. The topological polar surface area (TPSA) is 24.1 Å². The number of hydrogen-bond acceptors (Lipinski definition) is 2. The van der Waals surface area contributed by atoms with E-state index in [2.05, 4.69) is 17.6 Å². The zero-order valence-corrected chi connectivity index (χ0v) is 10.1. The van der Waals surface area contributed by atoms with Crippen LogP contribution in [0.5, 0.6) is 0 Å². The minimum absolute atomic E-state index is 0.480. The Balaban J connectivity index is 1.54. The van der Waals surface area contributed by atoms with Crippen LogP contribution in [0.15, 0.2) is 0 Å². The van der Waals surface area contributed by atoms with E-state index < -0.39 is 0 Å². The summed E-state index contributed by atoms with van der Waals surface area (Å²) in [5.41, 5.74) is 0.480. The molecule has 0 aromatic carbocycles. The van der Waals surface area contributed by atoms with Crippen molar-refractivity contribution >= 4 is 0 Å². The first-order chi connectivity index (χ1) is 7.29. The fourth-order valence-electron chi connectivity index (χ4n) is 3.07. The van der Waals surface area contributed by atoms with Gasteiger partial charge in [-0.15, -0.1) is 0 Å². The molecule has 0 bridgehead atoms. The maximum absolute atomic E-state index is 3.76. The average Bonchev–Trinajstić information content (AvgIpc) is 2.84. The highest BCUT2D eigenvalue weighted by atomic mass is 15.0. The molecule has 2 N–H and O–H groups in total. The van der Waals surface area contributed by atoms with Crippen molar-refractivity contribution in [2.24, 2.45) is 5.92 Å². The Hall–Kier alpha value is -0.0800. The molecular weight excluding hydrogens is 184 g/mol. The van der Waals surface area contributed by atoms with E-state index in [1.165, 1.54) is 64.6 Å². The Labute approximate surface area is 94.2 Å². The van der Waals surface area contributed by atoms with Gasteiger partial charge in [0.1, 0.15) is 0 Å². The lowest BCUT2D eigenvalue weighted by atomic mass is 9.99. The zero-order valence-electron chi connectivity index (χ0n) is 10.1. The number of nitrogens with one attached hydrogen (secondary N) is 2. The Morgan fingerprint density at radius 3 is 2.80 bits per heavy atom. The molecule has 2 nitrogen and oxygen atoms in total. The molecule has 0 radical (unpaired) electrons. The van der Waals surface area contributed by atoms with E-state index in [1.807, 2.05) is 0 Å². The van der Waals surface area contributed by atoms with Crippen molar-refractivity contribution < 1.29 is 0 Å². The predicted molar refractivity (Wildman–Crippen MR) is 65.1 cm³/mol. The second-order valence-electron chi connectivity index (χ2n) is 5.70. The molecule has 2 heteroatoms. The quantitative estimate of drug-likeness (QED) is 0.680. The van der Waals surface area contributed by atoms with Crippen molar-refractivity contribution in [3.05, 3.63) is 0 Å². The van der Waals surface area contributed by atoms with Crippen molar-refractivity contribution in [2.45, 2.75) is 57.4 Å². The van der Waals surface area contributed by atoms with Crippen LogP contribution in [0.1, 0.15) is 51.9 Å². The van der Waals surface area contributed by atoms with Crippen molar-refractivity contribution in [3.8, 4) is 0 Å². The summed E-state index contributed by atoms with van der Waals surface area (Å²) in [6.45, 7) is 6.14. The molecule has 2 rings (SSSR count). The van der Waals surface area contributed by atoms with E-state index in [1.54, 1.807) is 0 Å². The van der Waals surface area contributed by atoms with Crippen LogP contribution in [0.2, 0.25) is 0 Å². The van der Waals surface area contributed by atoms with E-state index in [0.717, 1.165) is 5.92 Å². The summed E-state index contributed by atoms with van der Waals surface area (Å²) >= 11 is 0. The lowest BCUT2D eigenvalue weighted by Gasteiger charge is -2.25. The average molecular weight is 210 g/mol. The predicted octanol–water partition coefficient (Wildman–Crippen LogP) is 2.30. The van der Waals surface area contributed by atoms with Gasteiger partial charge < -0.3 is 10.6 Å². The molecule has 1 atom stereocenters. The second kappa shape index (κ2) is 5.31. The van der Waals surface area contributed by atoms with Crippen LogP contribution in [0.3, 0.4) is 0 Å². The van der Waals surface area contributed by atoms with E-state index in [4.69, 9.17) is 0 Å². The summed E-state index contributed by atoms with van der Waals surface area (Å²) in [5, 5.41) is 7.20. The standard InChI is InChI=1S/C13H26N2/c1-13(7-2-3-8-13)15-9-4-5-12-6-10-14-11-12/h12,14-15H,2-11H2,1H3. The molecule has 0 amide bonds. The highest BCUT2D eigenvalue weighted by Crippen LogP contribution is 2.28. The molecule has 2 aliphatic rings. The largest absolute Gasteiger partial charge is 0.316 e. The molecule has 0 aromatic heterocycles. The first-order valence-corrected chi connectivity index (χ1v) is 6.74.